The van der Waals surface area contributed by atoms with Crippen molar-refractivity contribution in [3.8, 4) is 11.9 Å². The number of ether oxygens (including phenoxy) is 1. The van der Waals surface area contributed by atoms with Gasteiger partial charge in [0.25, 0.3) is 11.9 Å². The van der Waals surface area contributed by atoms with Crippen LogP contribution in [0.25, 0.3) is 11.9 Å². The molecule has 0 aliphatic carbocycles. The molecule has 0 spiro atoms. The molecule has 0 aliphatic rings. The number of nitrogen functional groups attached to an aromatic ring is 2. The fourth-order valence-electron chi connectivity index (χ4n) is 4.07. The molecular formula is C24H26N18O4. The molecule has 0 fully saturated rings. The first-order valence-corrected chi connectivity index (χ1v) is 13.1. The molecule has 0 saturated carbocycles. The quantitative estimate of drug-likeness (QED) is 0.0648. The molecule has 5 aromatic rings. The van der Waals surface area contributed by atoms with Crippen LogP contribution in [-0.2, 0) is 23.6 Å². The summed E-state index contributed by atoms with van der Waals surface area (Å²) in [6.07, 6.45) is 2.68. The van der Waals surface area contributed by atoms with Crippen LogP contribution in [0.4, 0.5) is 40.6 Å². The van der Waals surface area contributed by atoms with Gasteiger partial charge in [-0.25, -0.2) is 14.2 Å². The Hall–Kier alpha value is -6.74. The van der Waals surface area contributed by atoms with Crippen molar-refractivity contribution in [3.63, 3.8) is 0 Å². The number of carbonyl (C=O) groups is 3. The minimum absolute atomic E-state index is 0.00239. The highest BCUT2D eigenvalue weighted by molar-refractivity contribution is 6.34. The molecule has 5 heterocycles. The molecule has 22 heteroatoms. The third kappa shape index (κ3) is 5.40. The van der Waals surface area contributed by atoms with Crippen LogP contribution in [0.5, 0.6) is 0 Å². The van der Waals surface area contributed by atoms with E-state index >= 15 is 0 Å². The first-order chi connectivity index (χ1) is 22.0. The largest absolute Gasteiger partial charge is 0.465 e. The Labute approximate surface area is 258 Å². The van der Waals surface area contributed by atoms with E-state index in [4.69, 9.17) is 16.2 Å². The van der Waals surface area contributed by atoms with Crippen molar-refractivity contribution < 1.29 is 19.1 Å². The number of aldehydes is 1. The number of rotatable bonds is 10. The molecule has 0 radical (unpaired) electrons. The van der Waals surface area contributed by atoms with Crippen LogP contribution in [0.3, 0.4) is 0 Å². The topological polar surface area (TPSA) is 284 Å². The van der Waals surface area contributed by atoms with Crippen molar-refractivity contribution in [2.45, 2.75) is 13.8 Å². The lowest BCUT2D eigenvalue weighted by Gasteiger charge is -2.08. The number of ketones is 1. The molecule has 46 heavy (non-hydrogen) atoms. The predicted octanol–water partition coefficient (Wildman–Crippen LogP) is 1.53. The Bertz CT molecular complexity index is 2060. The van der Waals surface area contributed by atoms with E-state index < -0.39 is 11.8 Å². The monoisotopic (exact) mass is 630 g/mol. The Morgan fingerprint density at radius 3 is 1.76 bits per heavy atom. The van der Waals surface area contributed by atoms with Crippen LogP contribution in [0.1, 0.15) is 32.1 Å². The highest BCUT2D eigenvalue weighted by Crippen LogP contribution is 2.33. The number of nitrogens with one attached hydrogen (secondary N) is 1. The van der Waals surface area contributed by atoms with E-state index in [-0.39, 0.29) is 69.9 Å². The second kappa shape index (κ2) is 12.1. The van der Waals surface area contributed by atoms with Crippen molar-refractivity contribution in [1.29, 1.82) is 0 Å². The molecule has 0 bridgehead atoms. The van der Waals surface area contributed by atoms with Gasteiger partial charge in [-0.2, -0.15) is 44.7 Å². The van der Waals surface area contributed by atoms with E-state index in [1.165, 1.54) is 45.3 Å². The molecule has 0 amide bonds. The standard InChI is InChI=1S/C24H26N18O4/c1-10-15(33-35-19-12(14(44)9-43)7-28-39(19)4)17(25)41(37-10)23-30-22(27-3)31-24(32-23)42-18(26)16(11(2)38-42)34-36-20-13(21(45)46-6)8-29-40(20)5/h7-9H,25-26H2,1-6H3,(H,27,30,31,32)/b35-33+,36-34+. The number of nitrogens with two attached hydrogens (primary N) is 2. The summed E-state index contributed by atoms with van der Waals surface area (Å²) < 4.78 is 9.84. The van der Waals surface area contributed by atoms with E-state index in [9.17, 15) is 14.4 Å². The summed E-state index contributed by atoms with van der Waals surface area (Å²) in [6, 6.07) is 0. The number of carbonyl (C=O) groups excluding carboxylic acids is 3. The average Bonchev–Trinajstić information content (AvgIpc) is 3.77. The lowest BCUT2D eigenvalue weighted by atomic mass is 10.2. The number of hydrogen-bond donors (Lipinski definition) is 3. The minimum atomic E-state index is -0.805. The van der Waals surface area contributed by atoms with Crippen molar-refractivity contribution in [2.75, 3.05) is 30.9 Å². The van der Waals surface area contributed by atoms with Crippen LogP contribution in [0.15, 0.2) is 32.9 Å². The fraction of sp³-hybridized carbons (Fsp3) is 0.250. The Kier molecular flexibility index (Phi) is 8.08. The van der Waals surface area contributed by atoms with E-state index in [2.05, 4.69) is 61.1 Å². The zero-order valence-corrected chi connectivity index (χ0v) is 25.2. The second-order valence-corrected chi connectivity index (χ2v) is 9.36. The third-order valence-corrected chi connectivity index (χ3v) is 6.42. The Morgan fingerprint density at radius 1 is 0.826 bits per heavy atom. The van der Waals surface area contributed by atoms with E-state index in [0.29, 0.717) is 11.4 Å². The highest BCUT2D eigenvalue weighted by Gasteiger charge is 2.23. The summed E-state index contributed by atoms with van der Waals surface area (Å²) >= 11 is 0. The van der Waals surface area contributed by atoms with Gasteiger partial charge in [-0.05, 0) is 13.8 Å². The maximum atomic E-state index is 12.1. The zero-order chi connectivity index (χ0) is 33.3. The predicted molar refractivity (Wildman–Crippen MR) is 158 cm³/mol. The van der Waals surface area contributed by atoms with Crippen molar-refractivity contribution in [1.82, 2.24) is 54.1 Å². The maximum Gasteiger partial charge on any atom is 0.343 e. The van der Waals surface area contributed by atoms with Crippen molar-refractivity contribution >= 4 is 58.6 Å². The van der Waals surface area contributed by atoms with Crippen LogP contribution < -0.4 is 16.8 Å². The molecule has 0 unspecified atom stereocenters. The van der Waals surface area contributed by atoms with Gasteiger partial charge in [0.1, 0.15) is 5.56 Å². The minimum Gasteiger partial charge on any atom is -0.465 e. The highest BCUT2D eigenvalue weighted by atomic mass is 16.5. The molecule has 0 atom stereocenters. The van der Waals surface area contributed by atoms with Gasteiger partial charge in [0, 0.05) is 21.1 Å². The number of aromatic nitrogens is 11. The summed E-state index contributed by atoms with van der Waals surface area (Å²) in [4.78, 5) is 48.2. The van der Waals surface area contributed by atoms with Gasteiger partial charge in [0.05, 0.1) is 36.5 Å². The van der Waals surface area contributed by atoms with Crippen molar-refractivity contribution in [2.24, 2.45) is 34.6 Å². The lowest BCUT2D eigenvalue weighted by molar-refractivity contribution is -0.104. The van der Waals surface area contributed by atoms with E-state index in [1.807, 2.05) is 0 Å². The van der Waals surface area contributed by atoms with Crippen LogP contribution >= 0.6 is 0 Å². The lowest BCUT2D eigenvalue weighted by Crippen LogP contribution is -2.15. The molecule has 236 valence electrons. The van der Waals surface area contributed by atoms with Crippen LogP contribution in [-0.4, -0.2) is 86.3 Å². The first-order valence-electron chi connectivity index (χ1n) is 13.1. The summed E-state index contributed by atoms with van der Waals surface area (Å²) in [5, 5.41) is 36.2. The maximum absolute atomic E-state index is 12.1. The number of methoxy groups -OCH3 is 1. The molecule has 0 saturated heterocycles. The average molecular weight is 631 g/mol. The van der Waals surface area contributed by atoms with Gasteiger partial charge in [-0.3, -0.25) is 9.59 Å². The zero-order valence-electron chi connectivity index (χ0n) is 25.2. The van der Waals surface area contributed by atoms with Crippen LogP contribution in [0, 0.1) is 13.8 Å². The molecule has 5 N–H and O–H groups in total. The van der Waals surface area contributed by atoms with Gasteiger partial charge < -0.3 is 21.5 Å². The van der Waals surface area contributed by atoms with Gasteiger partial charge in [-0.15, -0.1) is 20.5 Å². The number of nitrogens with zero attached hydrogens (tertiary/aromatic N) is 15. The molecule has 22 nitrogen and oxygen atoms in total. The number of azo groups is 2. The third-order valence-electron chi connectivity index (χ3n) is 6.42. The normalized spacial score (nSPS) is 11.5. The van der Waals surface area contributed by atoms with Crippen molar-refractivity contribution in [3.05, 3.63) is 34.9 Å². The Balaban J connectivity index is 1.53. The summed E-state index contributed by atoms with van der Waals surface area (Å²) in [5.74, 6) is -1.14. The van der Waals surface area contributed by atoms with Crippen LogP contribution in [0.2, 0.25) is 0 Å². The van der Waals surface area contributed by atoms with E-state index in [0.717, 1.165) is 0 Å². The number of aryl methyl sites for hydroxylation is 4. The number of anilines is 3. The SMILES string of the molecule is CNc1nc(-n2nc(C)c(/N=N/c3c(C(=O)C=O)cnn3C)c2N)nc(-n2nc(C)c(/N=N/c3c(C(=O)OC)cnn3C)c2N)n1. The number of hydrogen-bond acceptors (Lipinski definition) is 18. The molecule has 0 aliphatic heterocycles. The summed E-state index contributed by atoms with van der Waals surface area (Å²) in [6.45, 7) is 3.28. The summed E-state index contributed by atoms with van der Waals surface area (Å²) in [7, 11) is 5.96. The molecule has 0 aromatic carbocycles. The fourth-order valence-corrected chi connectivity index (χ4v) is 4.07. The smallest absolute Gasteiger partial charge is 0.343 e. The van der Waals surface area contributed by atoms with Gasteiger partial charge in [0.2, 0.25) is 11.7 Å². The number of Topliss-reactive ketones (excluding diaryl/α,β-unsaturated/α-hetero) is 1. The number of esters is 1. The Morgan fingerprint density at radius 2 is 1.30 bits per heavy atom. The van der Waals surface area contributed by atoms with Gasteiger partial charge >= 0.3 is 5.97 Å². The molecule has 5 rings (SSSR count). The molecular weight excluding hydrogens is 604 g/mol. The first kappa shape index (κ1) is 30.7. The van der Waals surface area contributed by atoms with E-state index in [1.54, 1.807) is 27.9 Å². The summed E-state index contributed by atoms with van der Waals surface area (Å²) in [5.41, 5.74) is 13.9. The van der Waals surface area contributed by atoms with Gasteiger partial charge in [0.15, 0.2) is 40.9 Å². The second-order valence-electron chi connectivity index (χ2n) is 9.36. The van der Waals surface area contributed by atoms with Gasteiger partial charge in [-0.1, -0.05) is 0 Å². The molecule has 5 aromatic heterocycles.